The van der Waals surface area contributed by atoms with Gasteiger partial charge in [0.2, 0.25) is 0 Å². The molecule has 2 heterocycles. The fraction of sp³-hybridized carbons (Fsp3) is 0.333. The highest BCUT2D eigenvalue weighted by molar-refractivity contribution is 5.60. The van der Waals surface area contributed by atoms with Gasteiger partial charge in [-0.05, 0) is 0 Å². The van der Waals surface area contributed by atoms with E-state index in [1.54, 1.807) is 12.3 Å². The molecule has 0 amide bonds. The summed E-state index contributed by atoms with van der Waals surface area (Å²) in [5.41, 5.74) is 0.730. The molecule has 0 bridgehead atoms. The molecule has 1 unspecified atom stereocenters. The molecule has 0 aliphatic carbocycles. The first-order chi connectivity index (χ1) is 4.97. The van der Waals surface area contributed by atoms with E-state index in [1.807, 2.05) is 0 Å². The number of ether oxygens (including phenoxy) is 1. The van der Waals surface area contributed by atoms with Crippen LogP contribution in [0.3, 0.4) is 0 Å². The van der Waals surface area contributed by atoms with Crippen molar-refractivity contribution in [2.24, 2.45) is 4.99 Å². The van der Waals surface area contributed by atoms with Crippen molar-refractivity contribution in [1.29, 1.82) is 0 Å². The second-order valence-corrected chi connectivity index (χ2v) is 1.94. The van der Waals surface area contributed by atoms with Crippen LogP contribution in [0.4, 0.5) is 0 Å². The van der Waals surface area contributed by atoms with Crippen LogP contribution in [0.5, 0.6) is 0 Å². The average Bonchev–Trinajstić information content (AvgIpc) is 2.59. The van der Waals surface area contributed by atoms with Gasteiger partial charge in [0.1, 0.15) is 12.0 Å². The fourth-order valence-electron chi connectivity index (χ4n) is 0.827. The number of hydrogen-bond donors (Lipinski definition) is 0. The van der Waals surface area contributed by atoms with Crippen molar-refractivity contribution in [2.75, 3.05) is 6.61 Å². The van der Waals surface area contributed by atoms with E-state index in [0.717, 1.165) is 5.69 Å². The standard InChI is InChI=1S/C6H6N2O2/c1-3-10-8-5(1)6-7-2-4-9-6/h1-3,6H,4H2. The van der Waals surface area contributed by atoms with Gasteiger partial charge in [0, 0.05) is 12.3 Å². The lowest BCUT2D eigenvalue weighted by Gasteiger charge is -1.99. The molecule has 1 aromatic rings. The Morgan fingerprint density at radius 2 is 2.60 bits per heavy atom. The van der Waals surface area contributed by atoms with E-state index < -0.39 is 0 Å². The molecule has 0 saturated carbocycles. The Kier molecular flexibility index (Phi) is 1.25. The molecule has 10 heavy (non-hydrogen) atoms. The normalized spacial score (nSPS) is 23.8. The lowest BCUT2D eigenvalue weighted by Crippen LogP contribution is -1.94. The molecule has 0 saturated heterocycles. The first-order valence-electron chi connectivity index (χ1n) is 3.00. The quantitative estimate of drug-likeness (QED) is 0.576. The minimum absolute atomic E-state index is 0.237. The first kappa shape index (κ1) is 5.61. The van der Waals surface area contributed by atoms with Crippen molar-refractivity contribution in [3.8, 4) is 0 Å². The highest BCUT2D eigenvalue weighted by Gasteiger charge is 2.15. The number of nitrogens with zero attached hydrogens (tertiary/aromatic N) is 2. The van der Waals surface area contributed by atoms with Crippen molar-refractivity contribution in [3.63, 3.8) is 0 Å². The molecule has 1 aliphatic heterocycles. The SMILES string of the molecule is C1=NC(c2ccon2)OC1. The van der Waals surface area contributed by atoms with Crippen LogP contribution in [-0.2, 0) is 4.74 Å². The van der Waals surface area contributed by atoms with Gasteiger partial charge < -0.3 is 9.26 Å². The maximum Gasteiger partial charge on any atom is 0.194 e. The van der Waals surface area contributed by atoms with E-state index in [9.17, 15) is 0 Å². The number of rotatable bonds is 1. The summed E-state index contributed by atoms with van der Waals surface area (Å²) >= 11 is 0. The summed E-state index contributed by atoms with van der Waals surface area (Å²) in [4.78, 5) is 4.01. The third-order valence-electron chi connectivity index (χ3n) is 1.28. The molecule has 1 aromatic heterocycles. The summed E-state index contributed by atoms with van der Waals surface area (Å²) in [5, 5.41) is 3.68. The van der Waals surface area contributed by atoms with E-state index in [0.29, 0.717) is 6.61 Å². The molecular weight excluding hydrogens is 132 g/mol. The van der Waals surface area contributed by atoms with E-state index in [1.165, 1.54) is 6.26 Å². The maximum absolute atomic E-state index is 5.15. The van der Waals surface area contributed by atoms with Crippen LogP contribution in [0.15, 0.2) is 21.8 Å². The van der Waals surface area contributed by atoms with Crippen molar-refractivity contribution >= 4 is 6.21 Å². The molecule has 4 heteroatoms. The summed E-state index contributed by atoms with van der Waals surface area (Å²) in [6.07, 6.45) is 2.99. The zero-order chi connectivity index (χ0) is 6.81. The van der Waals surface area contributed by atoms with Crippen LogP contribution < -0.4 is 0 Å². The van der Waals surface area contributed by atoms with Gasteiger partial charge in [-0.15, -0.1) is 0 Å². The van der Waals surface area contributed by atoms with Crippen LogP contribution in [0.1, 0.15) is 11.9 Å². The highest BCUT2D eigenvalue weighted by Crippen LogP contribution is 2.18. The summed E-state index contributed by atoms with van der Waals surface area (Å²) in [7, 11) is 0. The number of hydrogen-bond acceptors (Lipinski definition) is 4. The molecule has 0 N–H and O–H groups in total. The van der Waals surface area contributed by atoms with Gasteiger partial charge in [0.25, 0.3) is 0 Å². The molecule has 1 atom stereocenters. The molecule has 0 radical (unpaired) electrons. The van der Waals surface area contributed by atoms with Gasteiger partial charge in [-0.1, -0.05) is 5.16 Å². The molecule has 0 fully saturated rings. The van der Waals surface area contributed by atoms with Crippen molar-refractivity contribution in [1.82, 2.24) is 5.16 Å². The number of aliphatic imine (C=N–C) groups is 1. The van der Waals surface area contributed by atoms with E-state index in [2.05, 4.69) is 14.7 Å². The van der Waals surface area contributed by atoms with E-state index in [4.69, 9.17) is 4.74 Å². The number of aromatic nitrogens is 1. The van der Waals surface area contributed by atoms with Gasteiger partial charge >= 0.3 is 0 Å². The fourth-order valence-corrected chi connectivity index (χ4v) is 0.827. The molecule has 52 valence electrons. The molecule has 0 aromatic carbocycles. The van der Waals surface area contributed by atoms with Crippen LogP contribution in [0, 0.1) is 0 Å². The monoisotopic (exact) mass is 138 g/mol. The van der Waals surface area contributed by atoms with Gasteiger partial charge in [0.15, 0.2) is 6.23 Å². The Hall–Kier alpha value is -1.16. The topological polar surface area (TPSA) is 47.6 Å². The zero-order valence-corrected chi connectivity index (χ0v) is 5.23. The van der Waals surface area contributed by atoms with Gasteiger partial charge in [-0.2, -0.15) is 0 Å². The Morgan fingerprint density at radius 1 is 1.60 bits per heavy atom. The minimum atomic E-state index is -0.237. The summed E-state index contributed by atoms with van der Waals surface area (Å²) in [6.45, 7) is 0.567. The average molecular weight is 138 g/mol. The summed E-state index contributed by atoms with van der Waals surface area (Å²) in [6, 6.07) is 1.74. The van der Waals surface area contributed by atoms with Crippen molar-refractivity contribution < 1.29 is 9.26 Å². The van der Waals surface area contributed by atoms with Crippen LogP contribution >= 0.6 is 0 Å². The first-order valence-corrected chi connectivity index (χ1v) is 3.00. The van der Waals surface area contributed by atoms with E-state index in [-0.39, 0.29) is 6.23 Å². The summed E-state index contributed by atoms with van der Waals surface area (Å²) in [5.74, 6) is 0. The zero-order valence-electron chi connectivity index (χ0n) is 5.23. The third kappa shape index (κ3) is 0.823. The molecule has 1 aliphatic rings. The summed E-state index contributed by atoms with van der Waals surface area (Å²) < 4.78 is 9.78. The van der Waals surface area contributed by atoms with Gasteiger partial charge in [0.05, 0.1) is 6.61 Å². The smallest absolute Gasteiger partial charge is 0.194 e. The molecule has 2 rings (SSSR count). The Morgan fingerprint density at radius 3 is 3.20 bits per heavy atom. The van der Waals surface area contributed by atoms with Crippen LogP contribution in [-0.4, -0.2) is 18.0 Å². The second-order valence-electron chi connectivity index (χ2n) is 1.94. The van der Waals surface area contributed by atoms with Crippen molar-refractivity contribution in [2.45, 2.75) is 6.23 Å². The van der Waals surface area contributed by atoms with Crippen LogP contribution in [0.2, 0.25) is 0 Å². The Balaban J connectivity index is 2.20. The predicted octanol–water partition coefficient (Wildman–Crippen LogP) is 0.774. The molecule has 0 spiro atoms. The van der Waals surface area contributed by atoms with Gasteiger partial charge in [-0.25, -0.2) is 0 Å². The van der Waals surface area contributed by atoms with E-state index >= 15 is 0 Å². The second kappa shape index (κ2) is 2.22. The highest BCUT2D eigenvalue weighted by atomic mass is 16.5. The minimum Gasteiger partial charge on any atom is -0.364 e. The lowest BCUT2D eigenvalue weighted by atomic mass is 10.4. The third-order valence-corrected chi connectivity index (χ3v) is 1.28. The lowest BCUT2D eigenvalue weighted by molar-refractivity contribution is 0.104. The van der Waals surface area contributed by atoms with Gasteiger partial charge in [-0.3, -0.25) is 4.99 Å². The Labute approximate surface area is 57.5 Å². The van der Waals surface area contributed by atoms with Crippen molar-refractivity contribution in [3.05, 3.63) is 18.0 Å². The largest absolute Gasteiger partial charge is 0.364 e. The van der Waals surface area contributed by atoms with Crippen LogP contribution in [0.25, 0.3) is 0 Å². The maximum atomic E-state index is 5.15. The Bertz CT molecular complexity index is 230. The molecule has 4 nitrogen and oxygen atoms in total. The molecular formula is C6H6N2O2. The predicted molar refractivity (Wildman–Crippen MR) is 33.7 cm³/mol.